The average molecular weight is 355 g/mol. The molecule has 118 valence electrons. The molecule has 1 fully saturated rings. The molecule has 0 aromatic carbocycles. The van der Waals surface area contributed by atoms with E-state index in [0.717, 1.165) is 4.57 Å². The molecule has 12 heteroatoms. The van der Waals surface area contributed by atoms with E-state index in [9.17, 15) is 19.9 Å². The molecule has 2 heterocycles. The van der Waals surface area contributed by atoms with Gasteiger partial charge in [0, 0.05) is 6.20 Å². The van der Waals surface area contributed by atoms with Crippen molar-refractivity contribution in [3.05, 3.63) is 22.7 Å². The maximum Gasteiger partial charge on any atom is 0.351 e. The first-order valence-electron chi connectivity index (χ1n) is 5.75. The van der Waals surface area contributed by atoms with Crippen LogP contribution in [0.15, 0.2) is 17.1 Å². The van der Waals surface area contributed by atoms with Gasteiger partial charge in [0.15, 0.2) is 6.23 Å². The summed E-state index contributed by atoms with van der Waals surface area (Å²) >= 11 is 8.26. The Kier molecular flexibility index (Phi) is 5.06. The van der Waals surface area contributed by atoms with Crippen LogP contribution >= 0.6 is 17.9 Å². The lowest BCUT2D eigenvalue weighted by atomic mass is 10.1. The van der Waals surface area contributed by atoms with E-state index in [1.54, 1.807) is 0 Å². The van der Waals surface area contributed by atoms with Gasteiger partial charge in [-0.05, 0) is 17.9 Å². The number of anilines is 1. The topological polar surface area (TPSA) is 140 Å². The van der Waals surface area contributed by atoms with Gasteiger partial charge in [0.1, 0.15) is 24.1 Å². The monoisotopic (exact) mass is 355 g/mol. The molecule has 0 aliphatic carbocycles. The van der Waals surface area contributed by atoms with Gasteiger partial charge in [-0.1, -0.05) is 12.2 Å². The Bertz CT molecular complexity index is 622. The standard InChI is InChI=1S/C9H14N3O6PS2/c10-5-1-2-12(9(15)11-5)8-7(14)6(13)4(18-8)3-17-19(16,20)21/h1-2,4,6-8,13-14H,3H2,(H2,10,11,15)(H2,16,20,21)/t4-,6-,7-,8-/m1/s1. The molecule has 5 atom stereocenters. The number of hydrogen-bond acceptors (Lipinski definition) is 8. The third kappa shape index (κ3) is 4.02. The summed E-state index contributed by atoms with van der Waals surface area (Å²) < 4.78 is 11.3. The Morgan fingerprint density at radius 3 is 2.81 bits per heavy atom. The molecule has 1 saturated heterocycles. The SMILES string of the molecule is Nc1ccn([C@@H]2O[C@H](COP(O)(=S)S)[C@@H](O)[C@H]2O)c(=O)n1. The molecule has 0 amide bonds. The number of aliphatic hydroxyl groups is 2. The van der Waals surface area contributed by atoms with Crippen LogP contribution in [0, 0.1) is 0 Å². The van der Waals surface area contributed by atoms with E-state index in [-0.39, 0.29) is 12.4 Å². The van der Waals surface area contributed by atoms with Gasteiger partial charge in [0.25, 0.3) is 0 Å². The third-order valence-electron chi connectivity index (χ3n) is 2.87. The minimum Gasteiger partial charge on any atom is -0.387 e. The zero-order chi connectivity index (χ0) is 15.8. The van der Waals surface area contributed by atoms with Crippen molar-refractivity contribution in [2.75, 3.05) is 12.3 Å². The Hall–Kier alpha value is -0.520. The molecule has 1 unspecified atom stereocenters. The molecule has 21 heavy (non-hydrogen) atoms. The van der Waals surface area contributed by atoms with Crippen LogP contribution in [-0.2, 0) is 21.1 Å². The van der Waals surface area contributed by atoms with Crippen LogP contribution in [0.5, 0.6) is 0 Å². The highest BCUT2D eigenvalue weighted by Crippen LogP contribution is 2.47. The van der Waals surface area contributed by atoms with E-state index < -0.39 is 35.9 Å². The first-order chi connectivity index (χ1) is 9.69. The second-order valence-electron chi connectivity index (χ2n) is 4.37. The summed E-state index contributed by atoms with van der Waals surface area (Å²) in [5.74, 6) is 0.0280. The number of nitrogens with zero attached hydrogens (tertiary/aromatic N) is 2. The van der Waals surface area contributed by atoms with Gasteiger partial charge in [0.2, 0.25) is 5.69 Å². The molecule has 0 spiro atoms. The number of nitrogens with two attached hydrogens (primary N) is 1. The van der Waals surface area contributed by atoms with Crippen molar-refractivity contribution < 1.29 is 24.4 Å². The maximum atomic E-state index is 11.7. The maximum absolute atomic E-state index is 11.7. The summed E-state index contributed by atoms with van der Waals surface area (Å²) in [5.41, 5.74) is 1.43. The summed E-state index contributed by atoms with van der Waals surface area (Å²) in [6.45, 7) is -0.275. The number of nitrogen functional groups attached to an aromatic ring is 1. The number of hydrogen-bond donors (Lipinski definition) is 5. The number of aromatic nitrogens is 2. The van der Waals surface area contributed by atoms with Crippen LogP contribution in [0.4, 0.5) is 5.82 Å². The summed E-state index contributed by atoms with van der Waals surface area (Å²) in [4.78, 5) is 24.5. The molecule has 1 aliphatic heterocycles. The second-order valence-corrected chi connectivity index (χ2v) is 9.54. The smallest absolute Gasteiger partial charge is 0.351 e. The summed E-state index contributed by atoms with van der Waals surface area (Å²) in [6, 6.07) is 1.36. The van der Waals surface area contributed by atoms with Gasteiger partial charge < -0.3 is 30.1 Å². The van der Waals surface area contributed by atoms with Gasteiger partial charge >= 0.3 is 5.69 Å². The fourth-order valence-corrected chi connectivity index (χ4v) is 2.61. The van der Waals surface area contributed by atoms with Gasteiger partial charge in [0.05, 0.1) is 6.61 Å². The fraction of sp³-hybridized carbons (Fsp3) is 0.556. The summed E-state index contributed by atoms with van der Waals surface area (Å²) in [7, 11) is 0. The Labute approximate surface area is 129 Å². The molecular weight excluding hydrogens is 341 g/mol. The predicted molar refractivity (Wildman–Crippen MR) is 80.3 cm³/mol. The van der Waals surface area contributed by atoms with E-state index >= 15 is 0 Å². The van der Waals surface area contributed by atoms with E-state index in [1.165, 1.54) is 12.3 Å². The second kappa shape index (κ2) is 6.31. The molecule has 1 aliphatic rings. The molecule has 1 aromatic heterocycles. The zero-order valence-corrected chi connectivity index (χ0v) is 13.1. The Balaban J connectivity index is 2.16. The Morgan fingerprint density at radius 2 is 2.24 bits per heavy atom. The van der Waals surface area contributed by atoms with E-state index in [4.69, 9.17) is 15.0 Å². The highest BCUT2D eigenvalue weighted by molar-refractivity contribution is 8.59. The largest absolute Gasteiger partial charge is 0.387 e. The first kappa shape index (κ1) is 16.8. The molecule has 5 N–H and O–H groups in total. The van der Waals surface area contributed by atoms with E-state index in [2.05, 4.69) is 29.0 Å². The van der Waals surface area contributed by atoms with Crippen molar-refractivity contribution in [1.82, 2.24) is 9.55 Å². The van der Waals surface area contributed by atoms with Crippen molar-refractivity contribution in [2.45, 2.75) is 24.5 Å². The molecule has 2 rings (SSSR count). The summed E-state index contributed by atoms with van der Waals surface area (Å²) in [5, 5.41) is 19.8. The average Bonchev–Trinajstić information content (AvgIpc) is 2.64. The Morgan fingerprint density at radius 1 is 1.57 bits per heavy atom. The molecule has 9 nitrogen and oxygen atoms in total. The lowest BCUT2D eigenvalue weighted by Crippen LogP contribution is -2.36. The predicted octanol–water partition coefficient (Wildman–Crippen LogP) is -1.39. The zero-order valence-electron chi connectivity index (χ0n) is 10.5. The van der Waals surface area contributed by atoms with Crippen molar-refractivity contribution in [1.29, 1.82) is 0 Å². The normalized spacial score (nSPS) is 32.0. The van der Waals surface area contributed by atoms with Crippen LogP contribution in [0.1, 0.15) is 6.23 Å². The highest BCUT2D eigenvalue weighted by Gasteiger charge is 2.44. The lowest BCUT2D eigenvalue weighted by molar-refractivity contribution is -0.0510. The van der Waals surface area contributed by atoms with Gasteiger partial charge in [-0.3, -0.25) is 4.57 Å². The highest BCUT2D eigenvalue weighted by atomic mass is 32.9. The van der Waals surface area contributed by atoms with Crippen molar-refractivity contribution >= 4 is 35.6 Å². The third-order valence-corrected chi connectivity index (χ3v) is 4.02. The molecular formula is C9H14N3O6PS2. The minimum absolute atomic E-state index is 0.0280. The number of aliphatic hydroxyl groups excluding tert-OH is 2. The van der Waals surface area contributed by atoms with E-state index in [0.29, 0.717) is 0 Å². The van der Waals surface area contributed by atoms with Crippen LogP contribution in [0.25, 0.3) is 0 Å². The molecule has 0 radical (unpaired) electrons. The summed E-state index contributed by atoms with van der Waals surface area (Å²) in [6.07, 6.45) is -3.53. The quantitative estimate of drug-likeness (QED) is 0.326. The number of ether oxygens (including phenoxy) is 1. The lowest BCUT2D eigenvalue weighted by Gasteiger charge is -2.17. The first-order valence-corrected chi connectivity index (χ1v) is 9.58. The van der Waals surface area contributed by atoms with Gasteiger partial charge in [-0.2, -0.15) is 4.98 Å². The molecule has 1 aromatic rings. The van der Waals surface area contributed by atoms with Crippen molar-refractivity contribution in [3.8, 4) is 0 Å². The van der Waals surface area contributed by atoms with Crippen LogP contribution < -0.4 is 11.4 Å². The van der Waals surface area contributed by atoms with Crippen molar-refractivity contribution in [2.24, 2.45) is 0 Å². The fourth-order valence-electron chi connectivity index (χ4n) is 1.89. The van der Waals surface area contributed by atoms with Crippen LogP contribution in [0.2, 0.25) is 0 Å². The number of rotatable bonds is 4. The van der Waals surface area contributed by atoms with Crippen LogP contribution in [0.3, 0.4) is 0 Å². The van der Waals surface area contributed by atoms with Crippen molar-refractivity contribution in [3.63, 3.8) is 0 Å². The molecule has 0 saturated carbocycles. The van der Waals surface area contributed by atoms with Gasteiger partial charge in [-0.25, -0.2) is 4.79 Å². The van der Waals surface area contributed by atoms with E-state index in [1.807, 2.05) is 0 Å². The van der Waals surface area contributed by atoms with Crippen LogP contribution in [-0.4, -0.2) is 49.6 Å². The molecule has 0 bridgehead atoms. The minimum atomic E-state index is -3.21. The number of thiol groups is 1. The van der Waals surface area contributed by atoms with Gasteiger partial charge in [-0.15, -0.1) is 0 Å².